The molecule has 5 heteroatoms. The average Bonchev–Trinajstić information content (AvgIpc) is 2.22. The van der Waals surface area contributed by atoms with Crippen molar-refractivity contribution in [1.29, 1.82) is 0 Å². The van der Waals surface area contributed by atoms with Crippen molar-refractivity contribution in [2.45, 2.75) is 13.3 Å². The van der Waals surface area contributed by atoms with Gasteiger partial charge in [0, 0.05) is 19.0 Å². The third-order valence-electron chi connectivity index (χ3n) is 1.72. The molecule has 1 heterocycles. The topological polar surface area (TPSA) is 51.2 Å². The molecule has 0 unspecified atom stereocenters. The molecule has 0 saturated carbocycles. The van der Waals surface area contributed by atoms with Gasteiger partial charge in [-0.3, -0.25) is 9.78 Å². The number of hydrogen-bond acceptors (Lipinski definition) is 3. The molecule has 1 aromatic rings. The summed E-state index contributed by atoms with van der Waals surface area (Å²) >= 11 is 3.30. The van der Waals surface area contributed by atoms with E-state index in [-0.39, 0.29) is 5.91 Å². The number of nitrogens with zero attached hydrogens (tertiary/aromatic N) is 1. The summed E-state index contributed by atoms with van der Waals surface area (Å²) in [4.78, 5) is 15.3. The van der Waals surface area contributed by atoms with Crippen molar-refractivity contribution in [2.75, 3.05) is 18.5 Å². The van der Waals surface area contributed by atoms with Crippen LogP contribution < -0.4 is 5.32 Å². The van der Waals surface area contributed by atoms with Gasteiger partial charge in [0.25, 0.3) is 0 Å². The zero-order chi connectivity index (χ0) is 11.1. The van der Waals surface area contributed by atoms with Crippen molar-refractivity contribution in [1.82, 2.24) is 4.98 Å². The number of aromatic nitrogens is 1. The maximum Gasteiger partial charge on any atom is 0.226 e. The van der Waals surface area contributed by atoms with Crippen molar-refractivity contribution >= 4 is 27.5 Å². The molecule has 15 heavy (non-hydrogen) atoms. The lowest BCUT2D eigenvalue weighted by Crippen LogP contribution is -2.14. The maximum atomic E-state index is 11.4. The summed E-state index contributed by atoms with van der Waals surface area (Å²) in [5, 5.41) is 2.76. The molecule has 1 N–H and O–H groups in total. The number of rotatable bonds is 5. The molecule has 0 aliphatic carbocycles. The van der Waals surface area contributed by atoms with E-state index in [1.807, 2.05) is 6.92 Å². The van der Waals surface area contributed by atoms with Gasteiger partial charge in [0.2, 0.25) is 5.91 Å². The highest BCUT2D eigenvalue weighted by Crippen LogP contribution is 2.19. The summed E-state index contributed by atoms with van der Waals surface area (Å²) in [5.41, 5.74) is 0.728. The standard InChI is InChI=1S/C10H13BrN2O2/c1-2-15-6-4-10(14)13-9-3-5-12-7-8(9)11/h3,5,7H,2,4,6H2,1H3,(H,12,13,14). The van der Waals surface area contributed by atoms with Crippen molar-refractivity contribution in [3.63, 3.8) is 0 Å². The molecule has 0 fully saturated rings. The SMILES string of the molecule is CCOCCC(=O)Nc1ccncc1Br. The highest BCUT2D eigenvalue weighted by molar-refractivity contribution is 9.10. The number of pyridine rings is 1. The summed E-state index contributed by atoms with van der Waals surface area (Å²) in [6.07, 6.45) is 3.63. The predicted octanol–water partition coefficient (Wildman–Crippen LogP) is 2.21. The number of carbonyl (C=O) groups is 1. The molecule has 4 nitrogen and oxygen atoms in total. The van der Waals surface area contributed by atoms with E-state index in [4.69, 9.17) is 4.74 Å². The lowest BCUT2D eigenvalue weighted by atomic mass is 10.3. The van der Waals surface area contributed by atoms with Gasteiger partial charge in [-0.15, -0.1) is 0 Å². The third-order valence-corrected chi connectivity index (χ3v) is 2.36. The Hall–Kier alpha value is -0.940. The second-order valence-electron chi connectivity index (χ2n) is 2.85. The minimum atomic E-state index is -0.0599. The van der Waals surface area contributed by atoms with Gasteiger partial charge in [0.05, 0.1) is 23.2 Å². The molecule has 0 saturated heterocycles. The summed E-state index contributed by atoms with van der Waals surface area (Å²) in [7, 11) is 0. The van der Waals surface area contributed by atoms with Crippen LogP contribution in [0.15, 0.2) is 22.9 Å². The van der Waals surface area contributed by atoms with Crippen LogP contribution in [0.25, 0.3) is 0 Å². The number of ether oxygens (including phenoxy) is 1. The van der Waals surface area contributed by atoms with Crippen LogP contribution in [-0.2, 0) is 9.53 Å². The number of halogens is 1. The fraction of sp³-hybridized carbons (Fsp3) is 0.400. The van der Waals surface area contributed by atoms with Gasteiger partial charge in [0.1, 0.15) is 0 Å². The minimum Gasteiger partial charge on any atom is -0.381 e. The molecule has 0 bridgehead atoms. The Labute approximate surface area is 97.2 Å². The summed E-state index contributed by atoms with van der Waals surface area (Å²) in [6, 6.07) is 1.74. The highest BCUT2D eigenvalue weighted by atomic mass is 79.9. The molecule has 0 radical (unpaired) electrons. The maximum absolute atomic E-state index is 11.4. The van der Waals surface area contributed by atoms with Gasteiger partial charge in [-0.2, -0.15) is 0 Å². The summed E-state index contributed by atoms with van der Waals surface area (Å²) in [5.74, 6) is -0.0599. The molecule has 0 aliphatic rings. The minimum absolute atomic E-state index is 0.0599. The molecular weight excluding hydrogens is 260 g/mol. The Morgan fingerprint density at radius 1 is 1.67 bits per heavy atom. The predicted molar refractivity (Wildman–Crippen MR) is 61.7 cm³/mol. The van der Waals surface area contributed by atoms with Crippen molar-refractivity contribution in [3.8, 4) is 0 Å². The van der Waals surface area contributed by atoms with E-state index in [1.54, 1.807) is 18.5 Å². The normalized spacial score (nSPS) is 10.0. The molecule has 1 amide bonds. The van der Waals surface area contributed by atoms with Crippen molar-refractivity contribution in [2.24, 2.45) is 0 Å². The van der Waals surface area contributed by atoms with Crippen LogP contribution in [0.5, 0.6) is 0 Å². The Morgan fingerprint density at radius 3 is 3.13 bits per heavy atom. The van der Waals surface area contributed by atoms with Crippen molar-refractivity contribution in [3.05, 3.63) is 22.9 Å². The Morgan fingerprint density at radius 2 is 2.47 bits per heavy atom. The number of anilines is 1. The number of amides is 1. The van der Waals surface area contributed by atoms with Gasteiger partial charge in [-0.25, -0.2) is 0 Å². The van der Waals surface area contributed by atoms with Crippen LogP contribution in [0.4, 0.5) is 5.69 Å². The number of carbonyl (C=O) groups excluding carboxylic acids is 1. The van der Waals surface area contributed by atoms with Crippen LogP contribution >= 0.6 is 15.9 Å². The van der Waals surface area contributed by atoms with Gasteiger partial charge < -0.3 is 10.1 Å². The quantitative estimate of drug-likeness (QED) is 0.837. The lowest BCUT2D eigenvalue weighted by Gasteiger charge is -2.06. The van der Waals surface area contributed by atoms with E-state index < -0.39 is 0 Å². The van der Waals surface area contributed by atoms with Crippen LogP contribution in [0, 0.1) is 0 Å². The second-order valence-corrected chi connectivity index (χ2v) is 3.70. The van der Waals surface area contributed by atoms with Gasteiger partial charge in [0.15, 0.2) is 0 Å². The Bertz CT molecular complexity index is 331. The monoisotopic (exact) mass is 272 g/mol. The van der Waals surface area contributed by atoms with E-state index >= 15 is 0 Å². The van der Waals surface area contributed by atoms with E-state index in [1.165, 1.54) is 0 Å². The zero-order valence-electron chi connectivity index (χ0n) is 8.50. The molecule has 0 aliphatic heterocycles. The first-order chi connectivity index (χ1) is 7.24. The first-order valence-corrected chi connectivity index (χ1v) is 5.50. The van der Waals surface area contributed by atoms with Crippen LogP contribution in [0.3, 0.4) is 0 Å². The molecule has 1 aromatic heterocycles. The second kappa shape index (κ2) is 6.53. The molecule has 82 valence electrons. The first kappa shape index (κ1) is 12.1. The van der Waals surface area contributed by atoms with E-state index in [0.717, 1.165) is 10.2 Å². The lowest BCUT2D eigenvalue weighted by molar-refractivity contribution is -0.117. The zero-order valence-corrected chi connectivity index (χ0v) is 10.1. The fourth-order valence-electron chi connectivity index (χ4n) is 0.998. The largest absolute Gasteiger partial charge is 0.381 e. The van der Waals surface area contributed by atoms with Crippen molar-refractivity contribution < 1.29 is 9.53 Å². The van der Waals surface area contributed by atoms with E-state index in [0.29, 0.717) is 19.6 Å². The third kappa shape index (κ3) is 4.40. The van der Waals surface area contributed by atoms with Crippen LogP contribution in [0.2, 0.25) is 0 Å². The van der Waals surface area contributed by atoms with Gasteiger partial charge >= 0.3 is 0 Å². The number of nitrogens with one attached hydrogen (secondary N) is 1. The Balaban J connectivity index is 2.41. The molecular formula is C10H13BrN2O2. The molecule has 0 atom stereocenters. The number of hydrogen-bond donors (Lipinski definition) is 1. The molecule has 1 rings (SSSR count). The summed E-state index contributed by atoms with van der Waals surface area (Å²) in [6.45, 7) is 2.98. The Kier molecular flexibility index (Phi) is 5.28. The van der Waals surface area contributed by atoms with Gasteiger partial charge in [-0.1, -0.05) is 0 Å². The van der Waals surface area contributed by atoms with Gasteiger partial charge in [-0.05, 0) is 28.9 Å². The van der Waals surface area contributed by atoms with Crippen LogP contribution in [-0.4, -0.2) is 24.1 Å². The average molecular weight is 273 g/mol. The van der Waals surface area contributed by atoms with E-state index in [9.17, 15) is 4.79 Å². The smallest absolute Gasteiger partial charge is 0.226 e. The first-order valence-electron chi connectivity index (χ1n) is 4.71. The van der Waals surface area contributed by atoms with Crippen LogP contribution in [0.1, 0.15) is 13.3 Å². The fourth-order valence-corrected chi connectivity index (χ4v) is 1.35. The molecule has 0 aromatic carbocycles. The van der Waals surface area contributed by atoms with E-state index in [2.05, 4.69) is 26.2 Å². The summed E-state index contributed by atoms with van der Waals surface area (Å²) < 4.78 is 5.86. The highest BCUT2D eigenvalue weighted by Gasteiger charge is 2.04. The molecule has 0 spiro atoms.